The minimum atomic E-state index is -0.538. The standard InChI is InChI=1S/C28H40N4O3S/c1-19(2)30-13-15-31(16-14-30)23-9-7-21(8-10-23)24-17-20(3)25(36-24)26(33)32-12-11-22(18-32)29-27(34)35-28(4,5)6/h7-10,17,19,22H,11-16,18H2,1-6H3,(H,29,34)/t22-/m0/s1. The first-order chi connectivity index (χ1) is 17.0. The number of piperazine rings is 1. The molecule has 0 bridgehead atoms. The number of hydrogen-bond acceptors (Lipinski definition) is 6. The van der Waals surface area contributed by atoms with Crippen LogP contribution >= 0.6 is 11.3 Å². The normalized spacial score (nSPS) is 19.1. The third-order valence-electron chi connectivity index (χ3n) is 6.87. The number of hydrogen-bond donors (Lipinski definition) is 1. The van der Waals surface area contributed by atoms with Gasteiger partial charge in [0.2, 0.25) is 0 Å². The molecule has 3 heterocycles. The van der Waals surface area contributed by atoms with Crippen molar-refractivity contribution in [2.45, 2.75) is 65.6 Å². The van der Waals surface area contributed by atoms with Crippen LogP contribution in [0.2, 0.25) is 0 Å². The summed E-state index contributed by atoms with van der Waals surface area (Å²) in [6, 6.07) is 11.4. The molecule has 0 saturated carbocycles. The lowest BCUT2D eigenvalue weighted by Gasteiger charge is -2.38. The molecule has 196 valence electrons. The maximum atomic E-state index is 13.3. The second kappa shape index (κ2) is 10.8. The Bertz CT molecular complexity index is 1070. The Morgan fingerprint density at radius 2 is 1.72 bits per heavy atom. The summed E-state index contributed by atoms with van der Waals surface area (Å²) in [5.41, 5.74) is 2.85. The number of carbonyl (C=O) groups excluding carboxylic acids is 2. The molecule has 1 N–H and O–H groups in total. The van der Waals surface area contributed by atoms with E-state index in [0.29, 0.717) is 19.1 Å². The van der Waals surface area contributed by atoms with Gasteiger partial charge in [-0.3, -0.25) is 9.69 Å². The molecule has 0 spiro atoms. The van der Waals surface area contributed by atoms with Crippen LogP contribution in [0.25, 0.3) is 10.4 Å². The monoisotopic (exact) mass is 512 g/mol. The summed E-state index contributed by atoms with van der Waals surface area (Å²) in [6.45, 7) is 17.5. The molecule has 1 aromatic carbocycles. The van der Waals surface area contributed by atoms with Gasteiger partial charge in [0.1, 0.15) is 5.60 Å². The van der Waals surface area contributed by atoms with Gasteiger partial charge in [-0.05, 0) is 77.3 Å². The first kappa shape index (κ1) is 26.5. The van der Waals surface area contributed by atoms with Crippen LogP contribution in [-0.4, -0.2) is 78.8 Å². The van der Waals surface area contributed by atoms with Crippen molar-refractivity contribution in [1.29, 1.82) is 0 Å². The average Bonchev–Trinajstić information content (AvgIpc) is 3.44. The van der Waals surface area contributed by atoms with Gasteiger partial charge in [-0.1, -0.05) is 12.1 Å². The predicted molar refractivity (Wildman–Crippen MR) is 147 cm³/mol. The molecule has 4 rings (SSSR count). The smallest absolute Gasteiger partial charge is 0.407 e. The third-order valence-corrected chi connectivity index (χ3v) is 8.14. The lowest BCUT2D eigenvalue weighted by Crippen LogP contribution is -2.48. The second-order valence-corrected chi connectivity index (χ2v) is 12.2. The van der Waals surface area contributed by atoms with Crippen molar-refractivity contribution >= 4 is 29.0 Å². The number of carbonyl (C=O) groups is 2. The number of nitrogens with one attached hydrogen (secondary N) is 1. The van der Waals surface area contributed by atoms with E-state index in [1.807, 2.05) is 32.6 Å². The highest BCUT2D eigenvalue weighted by atomic mass is 32.1. The van der Waals surface area contributed by atoms with Crippen molar-refractivity contribution in [2.75, 3.05) is 44.2 Å². The van der Waals surface area contributed by atoms with E-state index in [4.69, 9.17) is 4.74 Å². The average molecular weight is 513 g/mol. The molecule has 2 amide bonds. The Morgan fingerprint density at radius 3 is 2.33 bits per heavy atom. The number of aryl methyl sites for hydroxylation is 1. The molecular formula is C28H40N4O3S. The van der Waals surface area contributed by atoms with Crippen molar-refractivity contribution in [1.82, 2.24) is 15.1 Å². The van der Waals surface area contributed by atoms with E-state index in [9.17, 15) is 9.59 Å². The minimum Gasteiger partial charge on any atom is -0.444 e. The topological polar surface area (TPSA) is 65.1 Å². The van der Waals surface area contributed by atoms with Gasteiger partial charge < -0.3 is 19.9 Å². The lowest BCUT2D eigenvalue weighted by molar-refractivity contribution is 0.0502. The van der Waals surface area contributed by atoms with E-state index >= 15 is 0 Å². The van der Waals surface area contributed by atoms with Gasteiger partial charge >= 0.3 is 6.09 Å². The Balaban J connectivity index is 1.36. The van der Waals surface area contributed by atoms with Crippen LogP contribution in [0.4, 0.5) is 10.5 Å². The van der Waals surface area contributed by atoms with Crippen LogP contribution in [0, 0.1) is 6.92 Å². The summed E-state index contributed by atoms with van der Waals surface area (Å²) < 4.78 is 5.36. The molecule has 36 heavy (non-hydrogen) atoms. The van der Waals surface area contributed by atoms with Crippen LogP contribution in [-0.2, 0) is 4.74 Å². The fourth-order valence-electron chi connectivity index (χ4n) is 4.85. The largest absolute Gasteiger partial charge is 0.444 e. The van der Waals surface area contributed by atoms with Crippen LogP contribution < -0.4 is 10.2 Å². The van der Waals surface area contributed by atoms with Crippen molar-refractivity contribution in [3.05, 3.63) is 40.8 Å². The Hall–Kier alpha value is -2.58. The molecule has 2 saturated heterocycles. The van der Waals surface area contributed by atoms with E-state index in [-0.39, 0.29) is 11.9 Å². The first-order valence-electron chi connectivity index (χ1n) is 13.0. The maximum absolute atomic E-state index is 13.3. The van der Waals surface area contributed by atoms with Gasteiger partial charge in [0.05, 0.1) is 10.9 Å². The van der Waals surface area contributed by atoms with Crippen LogP contribution in [0.1, 0.15) is 56.3 Å². The molecule has 2 aromatic rings. The van der Waals surface area contributed by atoms with Crippen LogP contribution in [0.5, 0.6) is 0 Å². The highest BCUT2D eigenvalue weighted by Crippen LogP contribution is 2.34. The Morgan fingerprint density at radius 1 is 1.06 bits per heavy atom. The first-order valence-corrected chi connectivity index (χ1v) is 13.8. The Labute approximate surface area is 219 Å². The van der Waals surface area contributed by atoms with Crippen LogP contribution in [0.15, 0.2) is 30.3 Å². The summed E-state index contributed by atoms with van der Waals surface area (Å²) in [4.78, 5) is 34.1. The fourth-order valence-corrected chi connectivity index (χ4v) is 6.00. The number of ether oxygens (including phenoxy) is 1. The van der Waals surface area contributed by atoms with Crippen molar-refractivity contribution in [2.24, 2.45) is 0 Å². The minimum absolute atomic E-state index is 0.0388. The highest BCUT2D eigenvalue weighted by molar-refractivity contribution is 7.17. The van der Waals surface area contributed by atoms with Gasteiger partial charge in [-0.2, -0.15) is 0 Å². The number of nitrogens with zero attached hydrogens (tertiary/aromatic N) is 3. The summed E-state index contributed by atoms with van der Waals surface area (Å²) in [6.07, 6.45) is 0.302. The number of anilines is 1. The molecule has 1 atom stereocenters. The molecule has 2 aliphatic rings. The SMILES string of the molecule is Cc1cc(-c2ccc(N3CCN(C(C)C)CC3)cc2)sc1C(=O)N1CC[C@H](NC(=O)OC(C)(C)C)C1. The van der Waals surface area contributed by atoms with Gasteiger partial charge in [0.15, 0.2) is 0 Å². The number of alkyl carbamates (subject to hydrolysis) is 1. The zero-order valence-corrected chi connectivity index (χ0v) is 23.3. The lowest BCUT2D eigenvalue weighted by atomic mass is 10.1. The molecule has 0 unspecified atom stereocenters. The number of thiophene rings is 1. The number of rotatable bonds is 5. The van der Waals surface area contributed by atoms with Crippen LogP contribution in [0.3, 0.4) is 0 Å². The predicted octanol–water partition coefficient (Wildman–Crippen LogP) is 4.99. The maximum Gasteiger partial charge on any atom is 0.407 e. The van der Waals surface area contributed by atoms with Gasteiger partial charge in [0, 0.05) is 55.9 Å². The Kier molecular flexibility index (Phi) is 7.95. The zero-order chi connectivity index (χ0) is 26.0. The second-order valence-electron chi connectivity index (χ2n) is 11.2. The molecule has 8 heteroatoms. The van der Waals surface area contributed by atoms with E-state index in [1.54, 1.807) is 11.3 Å². The summed E-state index contributed by atoms with van der Waals surface area (Å²) in [7, 11) is 0. The molecule has 0 aliphatic carbocycles. The quantitative estimate of drug-likeness (QED) is 0.611. The van der Waals surface area contributed by atoms with Gasteiger partial charge in [-0.15, -0.1) is 11.3 Å². The summed E-state index contributed by atoms with van der Waals surface area (Å²) >= 11 is 1.55. The molecule has 2 aliphatic heterocycles. The summed E-state index contributed by atoms with van der Waals surface area (Å²) in [5.74, 6) is 0.0388. The molecule has 1 aromatic heterocycles. The summed E-state index contributed by atoms with van der Waals surface area (Å²) in [5, 5.41) is 2.90. The van der Waals surface area contributed by atoms with E-state index in [1.165, 1.54) is 5.69 Å². The zero-order valence-electron chi connectivity index (χ0n) is 22.5. The molecule has 7 nitrogen and oxygen atoms in total. The number of amides is 2. The molecular weight excluding hydrogens is 472 g/mol. The van der Waals surface area contributed by atoms with Crippen molar-refractivity contribution < 1.29 is 14.3 Å². The number of benzene rings is 1. The molecule has 2 fully saturated rings. The van der Waals surface area contributed by atoms with Gasteiger partial charge in [-0.25, -0.2) is 4.79 Å². The van der Waals surface area contributed by atoms with Crippen molar-refractivity contribution in [3.63, 3.8) is 0 Å². The van der Waals surface area contributed by atoms with E-state index in [2.05, 4.69) is 59.3 Å². The van der Waals surface area contributed by atoms with E-state index < -0.39 is 11.7 Å². The highest BCUT2D eigenvalue weighted by Gasteiger charge is 2.31. The number of likely N-dealkylation sites (tertiary alicyclic amines) is 1. The van der Waals surface area contributed by atoms with E-state index in [0.717, 1.165) is 53.5 Å². The van der Waals surface area contributed by atoms with Gasteiger partial charge in [0.25, 0.3) is 5.91 Å². The third kappa shape index (κ3) is 6.40. The molecule has 0 radical (unpaired) electrons. The van der Waals surface area contributed by atoms with Crippen molar-refractivity contribution in [3.8, 4) is 10.4 Å². The fraction of sp³-hybridized carbons (Fsp3) is 0.571.